The predicted molar refractivity (Wildman–Crippen MR) is 74.2 cm³/mol. The van der Waals surface area contributed by atoms with Gasteiger partial charge in [-0.05, 0) is 29.4 Å². The molecule has 0 bridgehead atoms. The quantitative estimate of drug-likeness (QED) is 0.828. The number of nitrogens with one attached hydrogen (secondary N) is 1. The Labute approximate surface area is 104 Å². The van der Waals surface area contributed by atoms with Crippen molar-refractivity contribution in [3.8, 4) is 0 Å². The third kappa shape index (κ3) is 2.36. The smallest absolute Gasteiger partial charge is 0.0606 e. The lowest BCUT2D eigenvalue weighted by Gasteiger charge is -2.20. The maximum absolute atomic E-state index is 4.36. The van der Waals surface area contributed by atoms with Gasteiger partial charge in [0.25, 0.3) is 0 Å². The molecule has 2 nitrogen and oxygen atoms in total. The Kier molecular flexibility index (Phi) is 3.51. The molecule has 1 aromatic rings. The Morgan fingerprint density at radius 2 is 1.88 bits per heavy atom. The van der Waals surface area contributed by atoms with Gasteiger partial charge in [0.05, 0.1) is 11.9 Å². The summed E-state index contributed by atoms with van der Waals surface area (Å²) < 4.78 is 0. The van der Waals surface area contributed by atoms with Crippen LogP contribution in [0.3, 0.4) is 0 Å². The molecule has 0 aromatic carbocycles. The van der Waals surface area contributed by atoms with Crippen LogP contribution in [0, 0.1) is 5.92 Å². The number of hydrogen-bond acceptors (Lipinski definition) is 2. The summed E-state index contributed by atoms with van der Waals surface area (Å²) in [6.45, 7) is 10.0. The minimum absolute atomic E-state index is 0.513. The second kappa shape index (κ2) is 4.91. The third-order valence-electron chi connectivity index (χ3n) is 3.33. The number of aromatic nitrogens is 1. The first-order chi connectivity index (χ1) is 8.11. The summed E-state index contributed by atoms with van der Waals surface area (Å²) in [6, 6.07) is 0. The summed E-state index contributed by atoms with van der Waals surface area (Å²) >= 11 is 0. The molecule has 17 heavy (non-hydrogen) atoms. The monoisotopic (exact) mass is 230 g/mol. The number of hydrogen-bond donors (Lipinski definition) is 1. The van der Waals surface area contributed by atoms with Crippen LogP contribution in [0.25, 0.3) is 5.57 Å². The van der Waals surface area contributed by atoms with E-state index in [-0.39, 0.29) is 0 Å². The molecule has 0 spiro atoms. The van der Waals surface area contributed by atoms with Gasteiger partial charge < -0.3 is 5.32 Å². The maximum Gasteiger partial charge on any atom is 0.0606 e. The van der Waals surface area contributed by atoms with Crippen LogP contribution in [-0.2, 0) is 0 Å². The van der Waals surface area contributed by atoms with Crippen molar-refractivity contribution in [2.75, 3.05) is 11.9 Å². The van der Waals surface area contributed by atoms with E-state index in [4.69, 9.17) is 0 Å². The summed E-state index contributed by atoms with van der Waals surface area (Å²) in [7, 11) is 0. The standard InChI is InChI=1S/C15H22N2/c1-10(2)12-6-5-7-17-14-9-16-8-13(11(3)4)15(12)14/h6,8-11,17H,5,7H2,1-4H3. The number of nitrogens with zero attached hydrogens (tertiary/aromatic N) is 1. The van der Waals surface area contributed by atoms with Crippen molar-refractivity contribution in [1.82, 2.24) is 4.98 Å². The number of pyridine rings is 1. The molecule has 0 aliphatic carbocycles. The lowest BCUT2D eigenvalue weighted by Crippen LogP contribution is -2.06. The fourth-order valence-electron chi connectivity index (χ4n) is 2.43. The van der Waals surface area contributed by atoms with E-state index >= 15 is 0 Å². The first-order valence-corrected chi connectivity index (χ1v) is 6.53. The highest BCUT2D eigenvalue weighted by Crippen LogP contribution is 2.36. The maximum atomic E-state index is 4.36. The van der Waals surface area contributed by atoms with Crippen LogP contribution in [0.4, 0.5) is 5.69 Å². The molecule has 0 fully saturated rings. The van der Waals surface area contributed by atoms with E-state index in [1.54, 1.807) is 0 Å². The van der Waals surface area contributed by atoms with Crippen LogP contribution < -0.4 is 5.32 Å². The van der Waals surface area contributed by atoms with Gasteiger partial charge >= 0.3 is 0 Å². The molecule has 0 unspecified atom stereocenters. The molecule has 0 atom stereocenters. The van der Waals surface area contributed by atoms with Crippen molar-refractivity contribution in [2.24, 2.45) is 5.92 Å². The molecular formula is C15H22N2. The van der Waals surface area contributed by atoms with Crippen molar-refractivity contribution >= 4 is 11.3 Å². The Bertz CT molecular complexity index is 431. The SMILES string of the molecule is CC(C)C1=CCCNc2cncc(C(C)C)c21. The fourth-order valence-corrected chi connectivity index (χ4v) is 2.43. The molecule has 1 aliphatic heterocycles. The molecule has 2 heteroatoms. The fraction of sp³-hybridized carbons (Fsp3) is 0.533. The number of fused-ring (bicyclic) bond motifs is 1. The average molecular weight is 230 g/mol. The van der Waals surface area contributed by atoms with Crippen LogP contribution in [0.5, 0.6) is 0 Å². The second-order valence-corrected chi connectivity index (χ2v) is 5.34. The van der Waals surface area contributed by atoms with Crippen LogP contribution in [0.2, 0.25) is 0 Å². The largest absolute Gasteiger partial charge is 0.383 e. The molecular weight excluding hydrogens is 208 g/mol. The zero-order chi connectivity index (χ0) is 12.4. The van der Waals surface area contributed by atoms with Gasteiger partial charge in [0.1, 0.15) is 0 Å². The van der Waals surface area contributed by atoms with E-state index < -0.39 is 0 Å². The molecule has 1 aliphatic rings. The van der Waals surface area contributed by atoms with Gasteiger partial charge in [-0.15, -0.1) is 0 Å². The summed E-state index contributed by atoms with van der Waals surface area (Å²) in [5.41, 5.74) is 5.42. The van der Waals surface area contributed by atoms with Crippen LogP contribution in [0.15, 0.2) is 18.5 Å². The Balaban J connectivity index is 2.61. The molecule has 2 heterocycles. The van der Waals surface area contributed by atoms with E-state index in [1.165, 1.54) is 22.4 Å². The van der Waals surface area contributed by atoms with Crippen molar-refractivity contribution in [1.29, 1.82) is 0 Å². The third-order valence-corrected chi connectivity index (χ3v) is 3.33. The van der Waals surface area contributed by atoms with Gasteiger partial charge in [0.15, 0.2) is 0 Å². The van der Waals surface area contributed by atoms with E-state index in [2.05, 4.69) is 44.1 Å². The molecule has 0 radical (unpaired) electrons. The zero-order valence-corrected chi connectivity index (χ0v) is 11.2. The van der Waals surface area contributed by atoms with E-state index in [9.17, 15) is 0 Å². The highest BCUT2D eigenvalue weighted by atomic mass is 14.9. The highest BCUT2D eigenvalue weighted by molar-refractivity contribution is 5.80. The molecule has 92 valence electrons. The van der Waals surface area contributed by atoms with Crippen molar-refractivity contribution in [3.63, 3.8) is 0 Å². The number of rotatable bonds is 2. The molecule has 0 saturated carbocycles. The Morgan fingerprint density at radius 3 is 2.53 bits per heavy atom. The summed E-state index contributed by atoms with van der Waals surface area (Å²) in [4.78, 5) is 4.36. The van der Waals surface area contributed by atoms with Crippen LogP contribution in [-0.4, -0.2) is 11.5 Å². The summed E-state index contributed by atoms with van der Waals surface area (Å²) in [6.07, 6.45) is 7.46. The van der Waals surface area contributed by atoms with E-state index in [0.717, 1.165) is 13.0 Å². The van der Waals surface area contributed by atoms with E-state index in [0.29, 0.717) is 11.8 Å². The molecule has 1 aromatic heterocycles. The van der Waals surface area contributed by atoms with Gasteiger partial charge in [0.2, 0.25) is 0 Å². The molecule has 0 amide bonds. The first kappa shape index (κ1) is 12.2. The van der Waals surface area contributed by atoms with Crippen LogP contribution in [0.1, 0.15) is 51.2 Å². The highest BCUT2D eigenvalue weighted by Gasteiger charge is 2.19. The van der Waals surface area contributed by atoms with Crippen LogP contribution >= 0.6 is 0 Å². The Hall–Kier alpha value is -1.31. The lowest BCUT2D eigenvalue weighted by atomic mass is 9.87. The Morgan fingerprint density at radius 1 is 1.12 bits per heavy atom. The van der Waals surface area contributed by atoms with Gasteiger partial charge in [-0.1, -0.05) is 33.8 Å². The second-order valence-electron chi connectivity index (χ2n) is 5.34. The number of anilines is 1. The summed E-state index contributed by atoms with van der Waals surface area (Å²) in [5.74, 6) is 1.08. The van der Waals surface area contributed by atoms with Gasteiger partial charge in [-0.3, -0.25) is 4.98 Å². The average Bonchev–Trinajstić information content (AvgIpc) is 2.50. The lowest BCUT2D eigenvalue weighted by molar-refractivity contribution is 0.825. The minimum atomic E-state index is 0.513. The minimum Gasteiger partial charge on any atom is -0.383 e. The molecule has 1 N–H and O–H groups in total. The van der Waals surface area contributed by atoms with Gasteiger partial charge in [0, 0.05) is 18.3 Å². The normalized spacial score (nSPS) is 15.3. The van der Waals surface area contributed by atoms with Gasteiger partial charge in [-0.25, -0.2) is 0 Å². The van der Waals surface area contributed by atoms with Crippen molar-refractivity contribution < 1.29 is 0 Å². The molecule has 0 saturated heterocycles. The molecule has 2 rings (SSSR count). The predicted octanol–water partition coefficient (Wildman–Crippen LogP) is 4.06. The zero-order valence-electron chi connectivity index (χ0n) is 11.2. The van der Waals surface area contributed by atoms with Gasteiger partial charge in [-0.2, -0.15) is 0 Å². The first-order valence-electron chi connectivity index (χ1n) is 6.53. The van der Waals surface area contributed by atoms with Crippen molar-refractivity contribution in [3.05, 3.63) is 29.6 Å². The van der Waals surface area contributed by atoms with Crippen molar-refractivity contribution in [2.45, 2.75) is 40.0 Å². The summed E-state index contributed by atoms with van der Waals surface area (Å²) in [5, 5.41) is 3.49. The van der Waals surface area contributed by atoms with E-state index in [1.807, 2.05) is 12.4 Å². The number of allylic oxidation sites excluding steroid dienone is 1. The topological polar surface area (TPSA) is 24.9 Å².